The number of sulfonamides is 1. The van der Waals surface area contributed by atoms with E-state index in [1.54, 1.807) is 16.3 Å². The van der Waals surface area contributed by atoms with Gasteiger partial charge in [0.2, 0.25) is 15.9 Å². The van der Waals surface area contributed by atoms with Crippen LogP contribution in [-0.4, -0.2) is 86.2 Å². The van der Waals surface area contributed by atoms with E-state index >= 15 is 0 Å². The lowest BCUT2D eigenvalue weighted by atomic mass is 10.3. The van der Waals surface area contributed by atoms with Crippen LogP contribution in [0.3, 0.4) is 0 Å². The molecule has 4 rings (SSSR count). The van der Waals surface area contributed by atoms with Gasteiger partial charge in [0.1, 0.15) is 9.77 Å². The van der Waals surface area contributed by atoms with Gasteiger partial charge in [0.25, 0.3) is 5.91 Å². The zero-order valence-corrected chi connectivity index (χ0v) is 17.4. The predicted molar refractivity (Wildman–Crippen MR) is 106 cm³/mol. The van der Waals surface area contributed by atoms with E-state index in [-0.39, 0.29) is 16.7 Å². The van der Waals surface area contributed by atoms with Gasteiger partial charge in [0, 0.05) is 45.3 Å². The molecule has 1 aromatic rings. The maximum absolute atomic E-state index is 13.0. The fourth-order valence-corrected chi connectivity index (χ4v) is 6.56. The fourth-order valence-electron chi connectivity index (χ4n) is 3.68. The number of hydrogen-bond donors (Lipinski definition) is 1. The van der Waals surface area contributed by atoms with Crippen LogP contribution in [0.1, 0.15) is 35.4 Å². The molecule has 1 saturated carbocycles. The summed E-state index contributed by atoms with van der Waals surface area (Å²) in [5.74, 6) is -0.186. The first kappa shape index (κ1) is 19.8. The second-order valence-electron chi connectivity index (χ2n) is 7.64. The first-order valence-electron chi connectivity index (χ1n) is 9.84. The average molecular weight is 427 g/mol. The highest BCUT2D eigenvalue weighted by Gasteiger charge is 2.34. The van der Waals surface area contributed by atoms with Crippen LogP contribution < -0.4 is 5.32 Å². The van der Waals surface area contributed by atoms with Crippen molar-refractivity contribution >= 4 is 33.2 Å². The molecule has 0 bridgehead atoms. The Kier molecular flexibility index (Phi) is 5.73. The van der Waals surface area contributed by atoms with Crippen LogP contribution in [0.5, 0.6) is 0 Å². The molecule has 3 fully saturated rings. The number of rotatable bonds is 6. The van der Waals surface area contributed by atoms with Gasteiger partial charge in [-0.3, -0.25) is 14.5 Å². The molecule has 1 aromatic heterocycles. The van der Waals surface area contributed by atoms with Crippen molar-refractivity contribution in [2.45, 2.75) is 36.6 Å². The normalized spacial score (nSPS) is 21.8. The molecule has 1 aliphatic carbocycles. The van der Waals surface area contributed by atoms with Crippen LogP contribution in [0.4, 0.5) is 0 Å². The van der Waals surface area contributed by atoms with Crippen molar-refractivity contribution in [1.29, 1.82) is 0 Å². The third-order valence-corrected chi connectivity index (χ3v) is 8.45. The fraction of sp³-hybridized carbons (Fsp3) is 0.667. The van der Waals surface area contributed by atoms with Crippen molar-refractivity contribution < 1.29 is 18.0 Å². The zero-order chi connectivity index (χ0) is 19.7. The molecule has 0 aromatic carbocycles. The average Bonchev–Trinajstić information content (AvgIpc) is 3.17. The van der Waals surface area contributed by atoms with Crippen molar-refractivity contribution in [1.82, 2.24) is 19.4 Å². The highest BCUT2D eigenvalue weighted by atomic mass is 32.2. The van der Waals surface area contributed by atoms with Crippen LogP contribution >= 0.6 is 11.3 Å². The van der Waals surface area contributed by atoms with Crippen LogP contribution in [0.2, 0.25) is 0 Å². The number of hydrogen-bond acceptors (Lipinski definition) is 6. The minimum atomic E-state index is -3.61. The van der Waals surface area contributed by atoms with Gasteiger partial charge in [0.15, 0.2) is 0 Å². The Morgan fingerprint density at radius 2 is 1.75 bits per heavy atom. The van der Waals surface area contributed by atoms with Gasteiger partial charge in [-0.1, -0.05) is 0 Å². The standard InChI is InChI=1S/C18H26N4O4S2/c23-16(19-14-3-4-14)13-20-8-10-21(11-9-20)18(24)17-15(5-12-27-17)28(25,26)22-6-1-2-7-22/h5,12,14H,1-4,6-11,13H2,(H,19,23). The second-order valence-corrected chi connectivity index (χ2v) is 10.5. The predicted octanol–water partition coefficient (Wildman–Crippen LogP) is 0.569. The SMILES string of the molecule is O=C(CN1CCN(C(=O)c2sccc2S(=O)(=O)N2CCCC2)CC1)NC1CC1. The molecule has 154 valence electrons. The van der Waals surface area contributed by atoms with E-state index in [0.717, 1.165) is 25.7 Å². The van der Waals surface area contributed by atoms with E-state index < -0.39 is 10.0 Å². The van der Waals surface area contributed by atoms with Gasteiger partial charge in [-0.15, -0.1) is 11.3 Å². The van der Waals surface area contributed by atoms with Crippen LogP contribution in [0, 0.1) is 0 Å². The van der Waals surface area contributed by atoms with Crippen LogP contribution in [-0.2, 0) is 14.8 Å². The Bertz CT molecular complexity index is 836. The van der Waals surface area contributed by atoms with E-state index in [0.29, 0.717) is 56.7 Å². The summed E-state index contributed by atoms with van der Waals surface area (Å²) in [6.07, 6.45) is 3.86. The van der Waals surface area contributed by atoms with Crippen molar-refractivity contribution in [3.8, 4) is 0 Å². The van der Waals surface area contributed by atoms with Crippen molar-refractivity contribution in [3.05, 3.63) is 16.3 Å². The molecule has 2 amide bonds. The monoisotopic (exact) mass is 426 g/mol. The molecule has 10 heteroatoms. The quantitative estimate of drug-likeness (QED) is 0.718. The van der Waals surface area contributed by atoms with Gasteiger partial charge < -0.3 is 10.2 Å². The first-order chi connectivity index (χ1) is 13.4. The van der Waals surface area contributed by atoms with Gasteiger partial charge in [-0.25, -0.2) is 8.42 Å². The topological polar surface area (TPSA) is 90.0 Å². The first-order valence-corrected chi connectivity index (χ1v) is 12.2. The Morgan fingerprint density at radius 1 is 1.07 bits per heavy atom. The van der Waals surface area contributed by atoms with E-state index in [9.17, 15) is 18.0 Å². The lowest BCUT2D eigenvalue weighted by Gasteiger charge is -2.34. The van der Waals surface area contributed by atoms with Crippen molar-refractivity contribution in [2.75, 3.05) is 45.8 Å². The molecule has 3 heterocycles. The van der Waals surface area contributed by atoms with Gasteiger partial charge in [-0.2, -0.15) is 4.31 Å². The summed E-state index contributed by atoms with van der Waals surface area (Å²) in [7, 11) is -3.61. The molecule has 0 radical (unpaired) electrons. The summed E-state index contributed by atoms with van der Waals surface area (Å²) in [5.41, 5.74) is 0. The summed E-state index contributed by atoms with van der Waals surface area (Å²) < 4.78 is 27.2. The summed E-state index contributed by atoms with van der Waals surface area (Å²) >= 11 is 1.19. The molecular formula is C18H26N4O4S2. The molecule has 0 atom stereocenters. The summed E-state index contributed by atoms with van der Waals surface area (Å²) in [5, 5.41) is 4.65. The zero-order valence-electron chi connectivity index (χ0n) is 15.8. The summed E-state index contributed by atoms with van der Waals surface area (Å²) in [6.45, 7) is 3.62. The maximum Gasteiger partial charge on any atom is 0.265 e. The Labute approximate surface area is 169 Å². The molecule has 2 aliphatic heterocycles. The number of thiophene rings is 1. The number of carbonyl (C=O) groups excluding carboxylic acids is 2. The maximum atomic E-state index is 13.0. The summed E-state index contributed by atoms with van der Waals surface area (Å²) in [6, 6.07) is 1.90. The third-order valence-electron chi connectivity index (χ3n) is 5.48. The van der Waals surface area contributed by atoms with Crippen molar-refractivity contribution in [2.24, 2.45) is 0 Å². The van der Waals surface area contributed by atoms with E-state index in [2.05, 4.69) is 5.32 Å². The van der Waals surface area contributed by atoms with Crippen LogP contribution in [0.25, 0.3) is 0 Å². The molecule has 8 nitrogen and oxygen atoms in total. The largest absolute Gasteiger partial charge is 0.352 e. The molecular weight excluding hydrogens is 400 g/mol. The van der Waals surface area contributed by atoms with Gasteiger partial charge in [-0.05, 0) is 37.1 Å². The molecule has 3 aliphatic rings. The minimum absolute atomic E-state index is 0.0412. The molecule has 28 heavy (non-hydrogen) atoms. The highest BCUT2D eigenvalue weighted by molar-refractivity contribution is 7.89. The summed E-state index contributed by atoms with van der Waals surface area (Å²) in [4.78, 5) is 29.1. The van der Waals surface area contributed by atoms with Crippen LogP contribution in [0.15, 0.2) is 16.3 Å². The Balaban J connectivity index is 1.37. The van der Waals surface area contributed by atoms with Gasteiger partial charge in [0.05, 0.1) is 6.54 Å². The lowest BCUT2D eigenvalue weighted by molar-refractivity contribution is -0.122. The highest BCUT2D eigenvalue weighted by Crippen LogP contribution is 2.29. The molecule has 2 saturated heterocycles. The second kappa shape index (κ2) is 8.10. The minimum Gasteiger partial charge on any atom is -0.352 e. The van der Waals surface area contributed by atoms with E-state index in [1.807, 2.05) is 4.90 Å². The van der Waals surface area contributed by atoms with Gasteiger partial charge >= 0.3 is 0 Å². The number of nitrogens with one attached hydrogen (secondary N) is 1. The number of amides is 2. The molecule has 1 N–H and O–H groups in total. The smallest absolute Gasteiger partial charge is 0.265 e. The lowest BCUT2D eigenvalue weighted by Crippen LogP contribution is -2.51. The third kappa shape index (κ3) is 4.24. The van der Waals surface area contributed by atoms with Crippen molar-refractivity contribution in [3.63, 3.8) is 0 Å². The number of piperazine rings is 1. The number of carbonyl (C=O) groups is 2. The van der Waals surface area contributed by atoms with E-state index in [4.69, 9.17) is 0 Å². The van der Waals surface area contributed by atoms with E-state index in [1.165, 1.54) is 15.6 Å². The molecule has 0 unspecified atom stereocenters. The molecule has 0 spiro atoms. The number of nitrogens with zero attached hydrogens (tertiary/aromatic N) is 3. The Hall–Kier alpha value is -1.49. The Morgan fingerprint density at radius 3 is 2.39 bits per heavy atom.